The molecule has 0 radical (unpaired) electrons. The molecule has 2 aromatic carbocycles. The fourth-order valence-corrected chi connectivity index (χ4v) is 5.28. The van der Waals surface area contributed by atoms with E-state index < -0.39 is 0 Å². The Kier molecular flexibility index (Phi) is 6.31. The van der Waals surface area contributed by atoms with Gasteiger partial charge in [0.25, 0.3) is 5.56 Å². The minimum Gasteiger partial charge on any atom is -0.497 e. The Hall–Kier alpha value is -3.65. The summed E-state index contributed by atoms with van der Waals surface area (Å²) in [5, 5.41) is 2.88. The molecule has 8 heteroatoms. The van der Waals surface area contributed by atoms with Gasteiger partial charge in [-0.2, -0.15) is 0 Å². The van der Waals surface area contributed by atoms with E-state index in [1.54, 1.807) is 7.11 Å². The van der Waals surface area contributed by atoms with E-state index in [0.717, 1.165) is 29.3 Å². The van der Waals surface area contributed by atoms with Gasteiger partial charge in [0.05, 0.1) is 19.0 Å². The summed E-state index contributed by atoms with van der Waals surface area (Å²) in [7, 11) is 1.63. The van der Waals surface area contributed by atoms with E-state index in [0.29, 0.717) is 15.9 Å². The Morgan fingerprint density at radius 1 is 1.06 bits per heavy atom. The quantitative estimate of drug-likeness (QED) is 0.436. The third-order valence-corrected chi connectivity index (χ3v) is 7.23. The molecule has 0 atom stereocenters. The van der Waals surface area contributed by atoms with Crippen molar-refractivity contribution < 1.29 is 9.53 Å². The minimum atomic E-state index is -0.263. The SMILES string of the molecule is COc1ccc(-c2cc3ncn(CC(=O)Nc4ccc(N5CCCCC5)cc4)c(=O)c3s2)cc1. The molecule has 1 aliphatic rings. The molecule has 1 aliphatic heterocycles. The van der Waals surface area contributed by atoms with Crippen LogP contribution in [0.25, 0.3) is 20.7 Å². The number of rotatable bonds is 6. The maximum Gasteiger partial charge on any atom is 0.271 e. The molecule has 0 unspecified atom stereocenters. The maximum absolute atomic E-state index is 13.0. The summed E-state index contributed by atoms with van der Waals surface area (Å²) < 4.78 is 7.10. The van der Waals surface area contributed by atoms with Gasteiger partial charge in [-0.15, -0.1) is 11.3 Å². The van der Waals surface area contributed by atoms with Crippen LogP contribution in [0.5, 0.6) is 5.75 Å². The van der Waals surface area contributed by atoms with Crippen LogP contribution >= 0.6 is 11.3 Å². The molecule has 1 saturated heterocycles. The smallest absolute Gasteiger partial charge is 0.271 e. The lowest BCUT2D eigenvalue weighted by Gasteiger charge is -2.28. The number of aromatic nitrogens is 2. The minimum absolute atomic E-state index is 0.0918. The molecule has 4 aromatic rings. The summed E-state index contributed by atoms with van der Waals surface area (Å²) in [5.41, 5.74) is 3.29. The zero-order valence-corrected chi connectivity index (χ0v) is 19.8. The lowest BCUT2D eigenvalue weighted by atomic mass is 10.1. The number of anilines is 2. The van der Waals surface area contributed by atoms with Gasteiger partial charge in [-0.25, -0.2) is 4.98 Å². The van der Waals surface area contributed by atoms with Crippen molar-refractivity contribution in [3.05, 3.63) is 71.3 Å². The molecule has 3 heterocycles. The van der Waals surface area contributed by atoms with Gasteiger partial charge >= 0.3 is 0 Å². The summed E-state index contributed by atoms with van der Waals surface area (Å²) in [5.74, 6) is 0.512. The molecule has 1 amide bonds. The predicted octanol–water partition coefficient (Wildman–Crippen LogP) is 4.76. The van der Waals surface area contributed by atoms with Crippen LogP contribution in [0.15, 0.2) is 65.7 Å². The summed E-state index contributed by atoms with van der Waals surface area (Å²) >= 11 is 1.38. The molecule has 0 aliphatic carbocycles. The van der Waals surface area contributed by atoms with Crippen molar-refractivity contribution in [3.63, 3.8) is 0 Å². The van der Waals surface area contributed by atoms with Gasteiger partial charge < -0.3 is 15.0 Å². The number of carbonyl (C=O) groups is 1. The van der Waals surface area contributed by atoms with Crippen LogP contribution in [-0.4, -0.2) is 35.7 Å². The first-order valence-corrected chi connectivity index (χ1v) is 12.2. The second kappa shape index (κ2) is 9.69. The van der Waals surface area contributed by atoms with Crippen LogP contribution in [0, 0.1) is 0 Å². The molecule has 2 aromatic heterocycles. The average molecular weight is 475 g/mol. The van der Waals surface area contributed by atoms with Crippen molar-refractivity contribution >= 4 is 38.8 Å². The van der Waals surface area contributed by atoms with Gasteiger partial charge in [-0.05, 0) is 79.4 Å². The normalized spacial score (nSPS) is 13.7. The number of fused-ring (bicyclic) bond motifs is 1. The molecule has 1 N–H and O–H groups in total. The highest BCUT2D eigenvalue weighted by molar-refractivity contribution is 7.22. The number of carbonyl (C=O) groups excluding carboxylic acids is 1. The molecule has 34 heavy (non-hydrogen) atoms. The van der Waals surface area contributed by atoms with Crippen LogP contribution < -0.4 is 20.5 Å². The third kappa shape index (κ3) is 4.68. The summed E-state index contributed by atoms with van der Waals surface area (Å²) in [6.07, 6.45) is 5.17. The molecule has 0 spiro atoms. The van der Waals surface area contributed by atoms with E-state index in [4.69, 9.17) is 4.74 Å². The molecule has 1 fully saturated rings. The molecule has 7 nitrogen and oxygen atoms in total. The van der Waals surface area contributed by atoms with Gasteiger partial charge in [0, 0.05) is 29.3 Å². The Labute approximate surface area is 201 Å². The lowest BCUT2D eigenvalue weighted by molar-refractivity contribution is -0.116. The Morgan fingerprint density at radius 2 is 1.79 bits per heavy atom. The number of benzene rings is 2. The monoisotopic (exact) mass is 474 g/mol. The van der Waals surface area contributed by atoms with Gasteiger partial charge in [0.1, 0.15) is 17.0 Å². The topological polar surface area (TPSA) is 76.5 Å². The zero-order valence-electron chi connectivity index (χ0n) is 19.0. The number of hydrogen-bond donors (Lipinski definition) is 1. The molecule has 0 saturated carbocycles. The van der Waals surface area contributed by atoms with Crippen molar-refractivity contribution in [3.8, 4) is 16.2 Å². The Bertz CT molecular complexity index is 1350. The van der Waals surface area contributed by atoms with Crippen molar-refractivity contribution in [2.45, 2.75) is 25.8 Å². The Balaban J connectivity index is 1.28. The lowest BCUT2D eigenvalue weighted by Crippen LogP contribution is -2.29. The van der Waals surface area contributed by atoms with E-state index in [1.165, 1.54) is 47.2 Å². The number of piperidine rings is 1. The van der Waals surface area contributed by atoms with Gasteiger partial charge in [0.2, 0.25) is 5.91 Å². The van der Waals surface area contributed by atoms with Gasteiger partial charge in [-0.3, -0.25) is 14.2 Å². The van der Waals surface area contributed by atoms with E-state index in [9.17, 15) is 9.59 Å². The number of amides is 1. The van der Waals surface area contributed by atoms with E-state index in [2.05, 4.69) is 15.2 Å². The van der Waals surface area contributed by atoms with Crippen LogP contribution in [0.1, 0.15) is 19.3 Å². The first-order valence-electron chi connectivity index (χ1n) is 11.4. The van der Waals surface area contributed by atoms with Crippen molar-refractivity contribution in [2.75, 3.05) is 30.4 Å². The van der Waals surface area contributed by atoms with E-state index in [1.807, 2.05) is 54.6 Å². The van der Waals surface area contributed by atoms with Crippen LogP contribution in [-0.2, 0) is 11.3 Å². The molecule has 5 rings (SSSR count). The highest BCUT2D eigenvalue weighted by atomic mass is 32.1. The van der Waals surface area contributed by atoms with E-state index in [-0.39, 0.29) is 18.0 Å². The number of ether oxygens (including phenoxy) is 1. The highest BCUT2D eigenvalue weighted by Gasteiger charge is 2.14. The Morgan fingerprint density at radius 3 is 2.50 bits per heavy atom. The molecule has 174 valence electrons. The van der Waals surface area contributed by atoms with Crippen molar-refractivity contribution in [1.29, 1.82) is 0 Å². The fraction of sp³-hybridized carbons (Fsp3) is 0.269. The van der Waals surface area contributed by atoms with Crippen LogP contribution in [0.4, 0.5) is 11.4 Å². The van der Waals surface area contributed by atoms with Crippen molar-refractivity contribution in [1.82, 2.24) is 9.55 Å². The first kappa shape index (κ1) is 22.2. The number of nitrogens with zero attached hydrogens (tertiary/aromatic N) is 3. The highest BCUT2D eigenvalue weighted by Crippen LogP contribution is 2.31. The van der Waals surface area contributed by atoms with Crippen LogP contribution in [0.2, 0.25) is 0 Å². The fourth-order valence-electron chi connectivity index (χ4n) is 4.22. The number of thiophene rings is 1. The summed E-state index contributed by atoms with van der Waals surface area (Å²) in [6.45, 7) is 2.06. The number of methoxy groups -OCH3 is 1. The largest absolute Gasteiger partial charge is 0.497 e. The average Bonchev–Trinajstić information content (AvgIpc) is 3.32. The third-order valence-electron chi connectivity index (χ3n) is 6.06. The second-order valence-corrected chi connectivity index (χ2v) is 9.43. The molecular weight excluding hydrogens is 448 g/mol. The number of hydrogen-bond acceptors (Lipinski definition) is 6. The van der Waals surface area contributed by atoms with Crippen molar-refractivity contribution in [2.24, 2.45) is 0 Å². The summed E-state index contributed by atoms with van der Waals surface area (Å²) in [6, 6.07) is 17.5. The van der Waals surface area contributed by atoms with Gasteiger partial charge in [-0.1, -0.05) is 0 Å². The van der Waals surface area contributed by atoms with E-state index >= 15 is 0 Å². The zero-order chi connectivity index (χ0) is 23.5. The standard InChI is InChI=1S/C26H26N4O3S/c1-33-21-11-5-18(6-12-21)23-15-22-25(34-23)26(32)30(17-27-22)16-24(31)28-19-7-9-20(10-8-19)29-13-3-2-4-14-29/h5-12,15,17H,2-4,13-14,16H2,1H3,(H,28,31). The molecular formula is C26H26N4O3S. The van der Waals surface area contributed by atoms with Gasteiger partial charge in [0.15, 0.2) is 0 Å². The second-order valence-electron chi connectivity index (χ2n) is 8.37. The van der Waals surface area contributed by atoms with Crippen LogP contribution in [0.3, 0.4) is 0 Å². The molecule has 0 bridgehead atoms. The maximum atomic E-state index is 13.0. The first-order chi connectivity index (χ1) is 16.6. The predicted molar refractivity (Wildman–Crippen MR) is 137 cm³/mol. The summed E-state index contributed by atoms with van der Waals surface area (Å²) in [4.78, 5) is 33.4. The number of nitrogens with one attached hydrogen (secondary N) is 1.